The maximum absolute atomic E-state index is 13.0. The molecule has 0 saturated carbocycles. The molecular formula is C22H26F3NO8S2. The van der Waals surface area contributed by atoms with Gasteiger partial charge in [-0.05, 0) is 73.7 Å². The summed E-state index contributed by atoms with van der Waals surface area (Å²) in [5, 5.41) is 10.3. The molecule has 9 nitrogen and oxygen atoms in total. The molecule has 3 rings (SSSR count). The molecular weight excluding hydrogens is 527 g/mol. The van der Waals surface area contributed by atoms with E-state index in [0.29, 0.717) is 17.9 Å². The Balaban J connectivity index is 1.64. The number of nitrogens with zero attached hydrogens (tertiary/aromatic N) is 1. The predicted octanol–water partition coefficient (Wildman–Crippen LogP) is 4.92. The summed E-state index contributed by atoms with van der Waals surface area (Å²) < 4.78 is 91.5. The Hall–Kier alpha value is -2.52. The van der Waals surface area contributed by atoms with Gasteiger partial charge >= 0.3 is 6.36 Å². The van der Waals surface area contributed by atoms with Crippen molar-refractivity contribution in [2.75, 3.05) is 17.3 Å². The molecule has 1 atom stereocenters. The summed E-state index contributed by atoms with van der Waals surface area (Å²) in [6.45, 7) is 0. The van der Waals surface area contributed by atoms with Crippen LogP contribution in [-0.2, 0) is 14.6 Å². The highest BCUT2D eigenvalue weighted by Gasteiger charge is 2.32. The predicted molar refractivity (Wildman–Crippen MR) is 125 cm³/mol. The molecule has 1 saturated heterocycles. The van der Waals surface area contributed by atoms with E-state index >= 15 is 0 Å². The smallest absolute Gasteiger partial charge is 0.457 e. The Morgan fingerprint density at radius 2 is 1.50 bits per heavy atom. The van der Waals surface area contributed by atoms with Crippen LogP contribution in [0.3, 0.4) is 0 Å². The molecule has 1 aliphatic heterocycles. The molecule has 1 heterocycles. The van der Waals surface area contributed by atoms with Gasteiger partial charge in [0.1, 0.15) is 17.2 Å². The topological polar surface area (TPSA) is 134 Å². The van der Waals surface area contributed by atoms with Crippen LogP contribution >= 0.6 is 10.6 Å². The van der Waals surface area contributed by atoms with Gasteiger partial charge in [0.2, 0.25) is 6.41 Å². The maximum Gasteiger partial charge on any atom is 0.573 e. The highest BCUT2D eigenvalue weighted by molar-refractivity contribution is 8.24. The number of amides is 1. The van der Waals surface area contributed by atoms with Crippen molar-refractivity contribution in [2.24, 2.45) is 5.92 Å². The first kappa shape index (κ1) is 28.1. The molecule has 14 heteroatoms. The van der Waals surface area contributed by atoms with E-state index in [1.807, 2.05) is 0 Å². The summed E-state index contributed by atoms with van der Waals surface area (Å²) in [6.07, 6.45) is -3.61. The number of rotatable bonds is 10. The maximum atomic E-state index is 13.0. The number of sulfone groups is 1. The number of hydrogen-bond acceptors (Lipinski definition) is 8. The molecule has 0 aliphatic carbocycles. The molecule has 200 valence electrons. The Labute approximate surface area is 207 Å². The lowest BCUT2D eigenvalue weighted by Gasteiger charge is -2.40. The second-order valence-corrected chi connectivity index (χ2v) is 12.9. The minimum absolute atomic E-state index is 0.0779. The van der Waals surface area contributed by atoms with Crippen molar-refractivity contribution >= 4 is 26.8 Å². The molecule has 1 unspecified atom stereocenters. The number of alkyl halides is 3. The normalized spacial score (nSPS) is 18.2. The molecule has 2 aromatic rings. The van der Waals surface area contributed by atoms with E-state index in [9.17, 15) is 40.7 Å². The minimum atomic E-state index is -4.82. The van der Waals surface area contributed by atoms with Crippen molar-refractivity contribution < 1.29 is 50.2 Å². The fraction of sp³-hybridized carbons (Fsp3) is 0.409. The number of halogens is 3. The van der Waals surface area contributed by atoms with E-state index in [2.05, 4.69) is 4.74 Å². The number of carbonyl (C=O) groups is 1. The van der Waals surface area contributed by atoms with Crippen LogP contribution in [0.5, 0.6) is 17.2 Å². The first-order valence-corrected chi connectivity index (χ1v) is 14.3. The van der Waals surface area contributed by atoms with Gasteiger partial charge in [0, 0.05) is 11.5 Å². The zero-order valence-electron chi connectivity index (χ0n) is 18.9. The van der Waals surface area contributed by atoms with Crippen molar-refractivity contribution in [1.82, 2.24) is 5.06 Å². The third-order valence-electron chi connectivity index (χ3n) is 5.68. The van der Waals surface area contributed by atoms with Crippen molar-refractivity contribution in [3.05, 3.63) is 48.5 Å². The second-order valence-electron chi connectivity index (χ2n) is 8.40. The number of hydroxylamine groups is 2. The van der Waals surface area contributed by atoms with E-state index in [4.69, 9.17) is 4.74 Å². The Morgan fingerprint density at radius 1 is 1.00 bits per heavy atom. The lowest BCUT2D eigenvalue weighted by molar-refractivity contribution is -0.274. The number of ether oxygens (including phenoxy) is 2. The first-order valence-electron chi connectivity index (χ1n) is 10.8. The van der Waals surface area contributed by atoms with Crippen molar-refractivity contribution in [2.45, 2.75) is 36.6 Å². The highest BCUT2D eigenvalue weighted by Crippen LogP contribution is 2.46. The number of hydrogen-bond donors (Lipinski definition) is 3. The Morgan fingerprint density at radius 3 is 2.00 bits per heavy atom. The van der Waals surface area contributed by atoms with Crippen molar-refractivity contribution in [3.8, 4) is 17.2 Å². The van der Waals surface area contributed by atoms with Gasteiger partial charge in [0.15, 0.2) is 9.84 Å². The van der Waals surface area contributed by atoms with E-state index in [1.165, 1.54) is 36.4 Å². The van der Waals surface area contributed by atoms with E-state index in [0.717, 1.165) is 12.1 Å². The van der Waals surface area contributed by atoms with Crippen molar-refractivity contribution in [1.29, 1.82) is 0 Å². The van der Waals surface area contributed by atoms with Gasteiger partial charge < -0.3 is 9.47 Å². The van der Waals surface area contributed by atoms with E-state index < -0.39 is 44.3 Å². The molecule has 3 N–H and O–H groups in total. The molecule has 0 bridgehead atoms. The number of carbonyl (C=O) groups excluding carboxylic acids is 1. The third-order valence-corrected chi connectivity index (χ3v) is 9.27. The van der Waals surface area contributed by atoms with Crippen LogP contribution in [0, 0.1) is 5.92 Å². The van der Waals surface area contributed by atoms with Gasteiger partial charge in [-0.2, -0.15) is 10.6 Å². The van der Waals surface area contributed by atoms with Crippen LogP contribution in [0.1, 0.15) is 19.3 Å². The molecule has 0 radical (unpaired) electrons. The van der Waals surface area contributed by atoms with Crippen LogP contribution in [-0.4, -0.2) is 63.9 Å². The monoisotopic (exact) mass is 553 g/mol. The van der Waals surface area contributed by atoms with Crippen LogP contribution in [0.15, 0.2) is 53.4 Å². The van der Waals surface area contributed by atoms with Crippen molar-refractivity contribution in [3.63, 3.8) is 0 Å². The van der Waals surface area contributed by atoms with Gasteiger partial charge in [-0.25, -0.2) is 13.5 Å². The molecule has 36 heavy (non-hydrogen) atoms. The van der Waals surface area contributed by atoms with Gasteiger partial charge in [0.05, 0.1) is 16.7 Å². The Kier molecular flexibility index (Phi) is 8.77. The molecule has 2 aromatic carbocycles. The third kappa shape index (κ3) is 8.27. The first-order chi connectivity index (χ1) is 16.8. The van der Waals surface area contributed by atoms with Crippen LogP contribution in [0.4, 0.5) is 13.2 Å². The zero-order chi connectivity index (χ0) is 26.6. The van der Waals surface area contributed by atoms with Gasteiger partial charge in [-0.15, -0.1) is 13.2 Å². The summed E-state index contributed by atoms with van der Waals surface area (Å²) in [7, 11) is -6.55. The lowest BCUT2D eigenvalue weighted by atomic mass is 9.95. The summed E-state index contributed by atoms with van der Waals surface area (Å²) in [5.74, 6) is -0.217. The summed E-state index contributed by atoms with van der Waals surface area (Å²) in [6, 6.07) is 8.93. The summed E-state index contributed by atoms with van der Waals surface area (Å²) in [4.78, 5) is 11.1. The van der Waals surface area contributed by atoms with Gasteiger partial charge in [-0.1, -0.05) is 0 Å². The van der Waals surface area contributed by atoms with Crippen LogP contribution in [0.2, 0.25) is 0 Å². The molecule has 0 spiro atoms. The largest absolute Gasteiger partial charge is 0.573 e. The lowest BCUT2D eigenvalue weighted by Crippen LogP contribution is -2.39. The zero-order valence-corrected chi connectivity index (χ0v) is 20.5. The molecule has 0 aromatic heterocycles. The number of benzene rings is 2. The molecule has 1 amide bonds. The SMILES string of the molecule is O=CN(O)C(CC1CCS(O)(O)CC1)CS(=O)(=O)c1ccc(Oc2ccc(OC(F)(F)F)cc2)cc1. The van der Waals surface area contributed by atoms with E-state index in [-0.39, 0.29) is 46.6 Å². The van der Waals surface area contributed by atoms with Crippen LogP contribution < -0.4 is 9.47 Å². The molecule has 1 fully saturated rings. The summed E-state index contributed by atoms with van der Waals surface area (Å²) >= 11 is 0. The standard InChI is InChI=1S/C22H26F3NO8S2/c23-22(24,25)34-20-3-1-18(2-4-20)33-19-5-7-21(8-6-19)36(31,32)14-17(26(28)15-27)13-16-9-11-35(29,30)12-10-16/h1-8,15-17,28-30H,9-14H2. The minimum Gasteiger partial charge on any atom is -0.457 e. The van der Waals surface area contributed by atoms with Gasteiger partial charge in [-0.3, -0.25) is 19.1 Å². The second kappa shape index (κ2) is 11.3. The quantitative estimate of drug-likeness (QED) is 0.215. The van der Waals surface area contributed by atoms with E-state index in [1.54, 1.807) is 0 Å². The fourth-order valence-corrected chi connectivity index (χ4v) is 6.99. The average molecular weight is 554 g/mol. The summed E-state index contributed by atoms with van der Waals surface area (Å²) in [5.41, 5.74) is 0. The average Bonchev–Trinajstić information content (AvgIpc) is 2.80. The Bertz CT molecular complexity index is 1120. The van der Waals surface area contributed by atoms with Crippen LogP contribution in [0.25, 0.3) is 0 Å². The fourth-order valence-electron chi connectivity index (χ4n) is 3.83. The highest BCUT2D eigenvalue weighted by atomic mass is 32.3. The van der Waals surface area contributed by atoms with Gasteiger partial charge in [0.25, 0.3) is 0 Å². The molecule has 1 aliphatic rings.